The Morgan fingerprint density at radius 3 is 2.58 bits per heavy atom. The molecule has 9 heteroatoms. The molecule has 2 N–H and O–H groups in total. The molecule has 0 spiro atoms. The van der Waals surface area contributed by atoms with E-state index in [0.29, 0.717) is 5.92 Å². The fraction of sp³-hybridized carbons (Fsp3) is 0.481. The van der Waals surface area contributed by atoms with Crippen LogP contribution in [0.3, 0.4) is 0 Å². The van der Waals surface area contributed by atoms with Gasteiger partial charge in [0.25, 0.3) is 0 Å². The molecule has 1 heterocycles. The predicted molar refractivity (Wildman–Crippen MR) is 136 cm³/mol. The normalized spacial score (nSPS) is 28.4. The van der Waals surface area contributed by atoms with Crippen molar-refractivity contribution in [2.24, 2.45) is 17.8 Å². The second-order valence-electron chi connectivity index (χ2n) is 10.4. The second kappa shape index (κ2) is 9.94. The highest BCUT2D eigenvalue weighted by Gasteiger charge is 2.51. The Morgan fingerprint density at radius 1 is 1.14 bits per heavy atom. The molecule has 0 bridgehead atoms. The van der Waals surface area contributed by atoms with Gasteiger partial charge in [0.2, 0.25) is 10.0 Å². The third-order valence-corrected chi connectivity index (χ3v) is 9.24. The van der Waals surface area contributed by atoms with Crippen molar-refractivity contribution in [1.29, 1.82) is 0 Å². The van der Waals surface area contributed by atoms with Gasteiger partial charge in [-0.25, -0.2) is 17.6 Å². The van der Waals surface area contributed by atoms with E-state index < -0.39 is 16.1 Å². The number of sulfonamides is 1. The van der Waals surface area contributed by atoms with Gasteiger partial charge in [0, 0.05) is 29.9 Å². The first-order valence-corrected chi connectivity index (χ1v) is 14.4. The number of fused-ring (bicyclic) bond motifs is 1. The van der Waals surface area contributed by atoms with Crippen LogP contribution in [0.2, 0.25) is 0 Å². The molecule has 3 fully saturated rings. The highest BCUT2D eigenvalue weighted by Crippen LogP contribution is 2.51. The summed E-state index contributed by atoms with van der Waals surface area (Å²) in [5, 5.41) is 11.8. The van der Waals surface area contributed by atoms with E-state index in [1.807, 2.05) is 24.3 Å². The number of pyridine rings is 1. The van der Waals surface area contributed by atoms with Crippen LogP contribution in [0, 0.1) is 23.6 Å². The largest absolute Gasteiger partial charge is 0.465 e. The Kier molecular flexibility index (Phi) is 6.87. The number of nitrogens with one attached hydrogen (secondary N) is 1. The van der Waals surface area contributed by atoms with Crippen LogP contribution in [0.1, 0.15) is 44.2 Å². The fourth-order valence-electron chi connectivity index (χ4n) is 6.34. The molecule has 0 aliphatic heterocycles. The van der Waals surface area contributed by atoms with E-state index >= 15 is 0 Å². The van der Waals surface area contributed by atoms with Crippen LogP contribution in [-0.2, 0) is 10.0 Å². The monoisotopic (exact) mass is 513 g/mol. The first-order chi connectivity index (χ1) is 17.2. The number of carbonyl (C=O) groups is 1. The molecule has 1 aromatic carbocycles. The molecule has 3 saturated carbocycles. The van der Waals surface area contributed by atoms with Crippen LogP contribution in [0.15, 0.2) is 48.7 Å². The summed E-state index contributed by atoms with van der Waals surface area (Å²) < 4.78 is 40.9. The molecular formula is C27H32FN3O4S. The van der Waals surface area contributed by atoms with Crippen molar-refractivity contribution in [2.45, 2.75) is 56.7 Å². The molecule has 3 aliphatic rings. The third kappa shape index (κ3) is 5.47. The maximum Gasteiger partial charge on any atom is 0.404 e. The zero-order valence-corrected chi connectivity index (χ0v) is 21.1. The Morgan fingerprint density at radius 2 is 1.94 bits per heavy atom. The molecule has 3 aliphatic carbocycles. The lowest BCUT2D eigenvalue weighted by Crippen LogP contribution is -2.43. The molecule has 7 nitrogen and oxygen atoms in total. The van der Waals surface area contributed by atoms with Gasteiger partial charge in [0.05, 0.1) is 11.9 Å². The van der Waals surface area contributed by atoms with Crippen molar-refractivity contribution in [3.8, 4) is 11.1 Å². The zero-order chi connectivity index (χ0) is 25.4. The lowest BCUT2D eigenvalue weighted by molar-refractivity contribution is 0.168. The number of halogens is 1. The van der Waals surface area contributed by atoms with Crippen molar-refractivity contribution < 1.29 is 22.7 Å². The van der Waals surface area contributed by atoms with Crippen LogP contribution >= 0.6 is 0 Å². The zero-order valence-electron chi connectivity index (χ0n) is 20.3. The van der Waals surface area contributed by atoms with Gasteiger partial charge in [-0.2, -0.15) is 4.31 Å². The van der Waals surface area contributed by atoms with Crippen LogP contribution in [0.5, 0.6) is 0 Å². The standard InChI is InChI=1S/C27H32FN3O4S/c1-36(34,35)31(23-9-10-23)26-15-19-14-22(30-27(32)33)8-11-24(19)25(26)12-7-21-6-5-18(16-29-21)17-3-2-4-20(28)13-17/h2-7,12-13,16,19,22-26,30H,8-11,14-15H2,1H3,(H,32,33)/b12-7+/t19-,22?,24+,25-,26+/m0/s1. The summed E-state index contributed by atoms with van der Waals surface area (Å²) in [5.41, 5.74) is 2.35. The number of hydrogen-bond donors (Lipinski definition) is 2. The van der Waals surface area contributed by atoms with E-state index in [-0.39, 0.29) is 35.8 Å². The minimum atomic E-state index is -3.37. The van der Waals surface area contributed by atoms with E-state index in [1.54, 1.807) is 16.6 Å². The molecule has 192 valence electrons. The summed E-state index contributed by atoms with van der Waals surface area (Å²) in [5.74, 6) is 0.313. The molecular weight excluding hydrogens is 481 g/mol. The molecule has 1 unspecified atom stereocenters. The maximum atomic E-state index is 13.6. The van der Waals surface area contributed by atoms with Crippen molar-refractivity contribution in [3.05, 3.63) is 60.2 Å². The number of aromatic nitrogens is 1. The molecule has 36 heavy (non-hydrogen) atoms. The first-order valence-electron chi connectivity index (χ1n) is 12.6. The fourth-order valence-corrected chi connectivity index (χ4v) is 7.81. The highest BCUT2D eigenvalue weighted by molar-refractivity contribution is 7.88. The molecule has 1 amide bonds. The van der Waals surface area contributed by atoms with E-state index in [4.69, 9.17) is 5.11 Å². The molecule has 0 saturated heterocycles. The quantitative estimate of drug-likeness (QED) is 0.556. The Labute approximate surface area is 211 Å². The summed E-state index contributed by atoms with van der Waals surface area (Å²) in [7, 11) is -3.37. The smallest absolute Gasteiger partial charge is 0.404 e. The van der Waals surface area contributed by atoms with Crippen LogP contribution in [0.4, 0.5) is 9.18 Å². The first kappa shape index (κ1) is 24.9. The number of hydrogen-bond acceptors (Lipinski definition) is 4. The van der Waals surface area contributed by atoms with Gasteiger partial charge in [-0.05, 0) is 86.1 Å². The lowest BCUT2D eigenvalue weighted by Gasteiger charge is -2.34. The molecule has 5 atom stereocenters. The van der Waals surface area contributed by atoms with Crippen LogP contribution in [0.25, 0.3) is 17.2 Å². The van der Waals surface area contributed by atoms with Crippen molar-refractivity contribution in [2.75, 3.05) is 6.26 Å². The van der Waals surface area contributed by atoms with Crippen LogP contribution < -0.4 is 5.32 Å². The summed E-state index contributed by atoms with van der Waals surface area (Å²) in [6, 6.07) is 10.0. The average molecular weight is 514 g/mol. The van der Waals surface area contributed by atoms with E-state index in [2.05, 4.69) is 16.4 Å². The van der Waals surface area contributed by atoms with Gasteiger partial charge in [0.15, 0.2) is 0 Å². The van der Waals surface area contributed by atoms with Crippen molar-refractivity contribution >= 4 is 22.2 Å². The maximum absolute atomic E-state index is 13.6. The van der Waals surface area contributed by atoms with Gasteiger partial charge in [-0.15, -0.1) is 0 Å². The predicted octanol–water partition coefficient (Wildman–Crippen LogP) is 4.77. The van der Waals surface area contributed by atoms with E-state index in [1.165, 1.54) is 18.4 Å². The SMILES string of the molecule is CS(=O)(=O)N(C1CC1)[C@@H]1C[C@@H]2CC(NC(=O)O)CC[C@H]2[C@@H]1/C=C/c1ccc(-c2cccc(F)c2)cn1. The number of amides is 1. The van der Waals surface area contributed by atoms with E-state index in [9.17, 15) is 17.6 Å². The molecule has 5 rings (SSSR count). The third-order valence-electron chi connectivity index (χ3n) is 7.90. The number of rotatable bonds is 7. The number of carboxylic acid groups (broad SMARTS) is 1. The average Bonchev–Trinajstić information content (AvgIpc) is 3.58. The summed E-state index contributed by atoms with van der Waals surface area (Å²) in [6.07, 6.45) is 11.0. The second-order valence-corrected chi connectivity index (χ2v) is 12.3. The summed E-state index contributed by atoms with van der Waals surface area (Å²) >= 11 is 0. The van der Waals surface area contributed by atoms with Gasteiger partial charge >= 0.3 is 6.09 Å². The minimum Gasteiger partial charge on any atom is -0.465 e. The lowest BCUT2D eigenvalue weighted by atomic mass is 9.75. The van der Waals surface area contributed by atoms with Gasteiger partial charge in [-0.3, -0.25) is 4.98 Å². The number of benzene rings is 1. The van der Waals surface area contributed by atoms with Gasteiger partial charge < -0.3 is 10.4 Å². The highest BCUT2D eigenvalue weighted by atomic mass is 32.2. The molecule has 1 aromatic heterocycles. The molecule has 0 radical (unpaired) electrons. The molecule has 2 aromatic rings. The Bertz CT molecular complexity index is 1250. The van der Waals surface area contributed by atoms with Crippen molar-refractivity contribution in [3.63, 3.8) is 0 Å². The minimum absolute atomic E-state index is 0.0424. The van der Waals surface area contributed by atoms with Gasteiger partial charge in [0.1, 0.15) is 5.82 Å². The van der Waals surface area contributed by atoms with Crippen LogP contribution in [-0.4, -0.2) is 53.3 Å². The Hall–Kier alpha value is -2.78. The topological polar surface area (TPSA) is 99.6 Å². The summed E-state index contributed by atoms with van der Waals surface area (Å²) in [6.45, 7) is 0. The van der Waals surface area contributed by atoms with Crippen molar-refractivity contribution in [1.82, 2.24) is 14.6 Å². The number of nitrogens with zero attached hydrogens (tertiary/aromatic N) is 2. The van der Waals surface area contributed by atoms with E-state index in [0.717, 1.165) is 55.3 Å². The van der Waals surface area contributed by atoms with Gasteiger partial charge in [-0.1, -0.05) is 24.3 Å². The summed E-state index contributed by atoms with van der Waals surface area (Å²) in [4.78, 5) is 15.7. The Balaban J connectivity index is 1.39.